The number of aliphatic hydroxyl groups is 1. The van der Waals surface area contributed by atoms with E-state index < -0.39 is 0 Å². The third-order valence-electron chi connectivity index (χ3n) is 2.79. The number of ether oxygens (including phenoxy) is 1. The number of carbonyl (C=O) groups is 1. The van der Waals surface area contributed by atoms with Crippen molar-refractivity contribution in [3.8, 4) is 11.8 Å². The smallest absolute Gasteiger partial charge is 0.271 e. The number of hydrogen-bond acceptors (Lipinski definition) is 4. The minimum Gasteiger partial charge on any atom is -0.384 e. The number of rotatable bonds is 5. The van der Waals surface area contributed by atoms with Crippen molar-refractivity contribution in [3.05, 3.63) is 29.6 Å². The van der Waals surface area contributed by atoms with Gasteiger partial charge in [-0.05, 0) is 18.1 Å². The van der Waals surface area contributed by atoms with E-state index in [0.29, 0.717) is 12.2 Å². The first kappa shape index (κ1) is 16.2. The standard InChI is InChI=1S/C15H20N2O3/c1-11(2)13(10-20-3)17-15(19)14-12(7-5-9-18)6-4-8-16-14/h4,6,8,11,13,18H,9-10H2,1-3H3,(H,17,19). The molecule has 0 aliphatic carbocycles. The first-order chi connectivity index (χ1) is 9.60. The molecule has 0 saturated carbocycles. The van der Waals surface area contributed by atoms with Crippen molar-refractivity contribution in [2.45, 2.75) is 19.9 Å². The summed E-state index contributed by atoms with van der Waals surface area (Å²) in [6.45, 7) is 4.20. The monoisotopic (exact) mass is 276 g/mol. The minimum atomic E-state index is -0.288. The van der Waals surface area contributed by atoms with Crippen molar-refractivity contribution in [2.75, 3.05) is 20.3 Å². The van der Waals surface area contributed by atoms with Crippen LogP contribution in [0.3, 0.4) is 0 Å². The number of pyridine rings is 1. The highest BCUT2D eigenvalue weighted by Crippen LogP contribution is 2.07. The second-order valence-corrected chi connectivity index (χ2v) is 4.64. The van der Waals surface area contributed by atoms with Gasteiger partial charge in [-0.15, -0.1) is 0 Å². The van der Waals surface area contributed by atoms with Crippen molar-refractivity contribution in [1.29, 1.82) is 0 Å². The van der Waals surface area contributed by atoms with Crippen LogP contribution in [-0.4, -0.2) is 42.4 Å². The molecule has 0 aromatic carbocycles. The molecule has 1 atom stereocenters. The summed E-state index contributed by atoms with van der Waals surface area (Å²) in [4.78, 5) is 16.3. The molecule has 20 heavy (non-hydrogen) atoms. The van der Waals surface area contributed by atoms with Gasteiger partial charge >= 0.3 is 0 Å². The maximum atomic E-state index is 12.3. The van der Waals surface area contributed by atoms with Gasteiger partial charge in [-0.3, -0.25) is 4.79 Å². The molecule has 1 aromatic heterocycles. The second-order valence-electron chi connectivity index (χ2n) is 4.64. The molecule has 0 spiro atoms. The van der Waals surface area contributed by atoms with E-state index in [-0.39, 0.29) is 30.2 Å². The number of aromatic nitrogens is 1. The largest absolute Gasteiger partial charge is 0.384 e. The van der Waals surface area contributed by atoms with Gasteiger partial charge < -0.3 is 15.2 Å². The van der Waals surface area contributed by atoms with Crippen LogP contribution in [0.1, 0.15) is 29.9 Å². The van der Waals surface area contributed by atoms with Crippen LogP contribution in [0.15, 0.2) is 18.3 Å². The molecule has 5 heteroatoms. The summed E-state index contributed by atoms with van der Waals surface area (Å²) in [5.41, 5.74) is 0.758. The average molecular weight is 276 g/mol. The van der Waals surface area contributed by atoms with Crippen LogP contribution in [0.2, 0.25) is 0 Å². The van der Waals surface area contributed by atoms with Crippen LogP contribution in [-0.2, 0) is 4.74 Å². The van der Waals surface area contributed by atoms with Crippen LogP contribution in [0.4, 0.5) is 0 Å². The maximum absolute atomic E-state index is 12.3. The van der Waals surface area contributed by atoms with E-state index in [1.807, 2.05) is 13.8 Å². The number of carbonyl (C=O) groups excluding carboxylic acids is 1. The fraction of sp³-hybridized carbons (Fsp3) is 0.467. The number of amides is 1. The van der Waals surface area contributed by atoms with Gasteiger partial charge in [0.25, 0.3) is 5.91 Å². The summed E-state index contributed by atoms with van der Waals surface area (Å²) in [7, 11) is 1.60. The molecular weight excluding hydrogens is 256 g/mol. The number of methoxy groups -OCH3 is 1. The molecule has 0 radical (unpaired) electrons. The number of nitrogens with zero attached hydrogens (tertiary/aromatic N) is 1. The third kappa shape index (κ3) is 4.65. The molecule has 2 N–H and O–H groups in total. The van der Waals surface area contributed by atoms with Gasteiger partial charge in [0.15, 0.2) is 0 Å². The summed E-state index contributed by atoms with van der Waals surface area (Å²) in [5.74, 6) is 5.20. The van der Waals surface area contributed by atoms with E-state index in [0.717, 1.165) is 0 Å². The normalized spacial score (nSPS) is 11.7. The van der Waals surface area contributed by atoms with Gasteiger partial charge in [0.1, 0.15) is 12.3 Å². The van der Waals surface area contributed by atoms with Crippen LogP contribution in [0.25, 0.3) is 0 Å². The lowest BCUT2D eigenvalue weighted by molar-refractivity contribution is 0.0861. The lowest BCUT2D eigenvalue weighted by Gasteiger charge is -2.21. The van der Waals surface area contributed by atoms with E-state index in [1.165, 1.54) is 0 Å². The summed E-state index contributed by atoms with van der Waals surface area (Å²) in [5, 5.41) is 11.6. The zero-order chi connectivity index (χ0) is 15.0. The quantitative estimate of drug-likeness (QED) is 0.781. The Kier molecular flexibility index (Phi) is 6.71. The predicted octanol–water partition coefficient (Wildman–Crippen LogP) is 0.826. The molecule has 5 nitrogen and oxygen atoms in total. The van der Waals surface area contributed by atoms with Crippen molar-refractivity contribution < 1.29 is 14.6 Å². The summed E-state index contributed by atoms with van der Waals surface area (Å²) in [6.07, 6.45) is 1.54. The zero-order valence-electron chi connectivity index (χ0n) is 12.0. The lowest BCUT2D eigenvalue weighted by Crippen LogP contribution is -2.42. The van der Waals surface area contributed by atoms with E-state index in [4.69, 9.17) is 9.84 Å². The van der Waals surface area contributed by atoms with Gasteiger partial charge in [-0.25, -0.2) is 4.98 Å². The highest BCUT2D eigenvalue weighted by atomic mass is 16.5. The Hall–Kier alpha value is -1.90. The Morgan fingerprint density at radius 2 is 2.30 bits per heavy atom. The van der Waals surface area contributed by atoms with Crippen LogP contribution >= 0.6 is 0 Å². The van der Waals surface area contributed by atoms with E-state index in [1.54, 1.807) is 25.4 Å². The van der Waals surface area contributed by atoms with Crippen molar-refractivity contribution in [2.24, 2.45) is 5.92 Å². The Balaban J connectivity index is 2.91. The van der Waals surface area contributed by atoms with E-state index in [2.05, 4.69) is 22.1 Å². The molecule has 108 valence electrons. The summed E-state index contributed by atoms with van der Waals surface area (Å²) in [6, 6.07) is 3.31. The molecule has 1 rings (SSSR count). The Bertz CT molecular complexity index is 503. The van der Waals surface area contributed by atoms with Crippen molar-refractivity contribution in [3.63, 3.8) is 0 Å². The zero-order valence-corrected chi connectivity index (χ0v) is 12.0. The highest BCUT2D eigenvalue weighted by molar-refractivity contribution is 5.94. The summed E-state index contributed by atoms with van der Waals surface area (Å²) >= 11 is 0. The van der Waals surface area contributed by atoms with Gasteiger partial charge in [0.05, 0.1) is 18.2 Å². The molecule has 1 heterocycles. The first-order valence-electron chi connectivity index (χ1n) is 6.44. The molecule has 0 aliphatic rings. The summed E-state index contributed by atoms with van der Waals surface area (Å²) < 4.78 is 5.10. The third-order valence-corrected chi connectivity index (χ3v) is 2.79. The molecule has 1 unspecified atom stereocenters. The lowest BCUT2D eigenvalue weighted by atomic mass is 10.0. The molecule has 0 bridgehead atoms. The van der Waals surface area contributed by atoms with E-state index in [9.17, 15) is 4.79 Å². The number of aliphatic hydroxyl groups excluding tert-OH is 1. The molecular formula is C15H20N2O3. The molecule has 1 aromatic rings. The minimum absolute atomic E-state index is 0.0897. The Morgan fingerprint density at radius 1 is 1.55 bits per heavy atom. The van der Waals surface area contributed by atoms with E-state index >= 15 is 0 Å². The molecule has 0 aliphatic heterocycles. The average Bonchev–Trinajstić information content (AvgIpc) is 2.44. The highest BCUT2D eigenvalue weighted by Gasteiger charge is 2.19. The first-order valence-corrected chi connectivity index (χ1v) is 6.44. The molecule has 0 saturated heterocycles. The van der Waals surface area contributed by atoms with Gasteiger partial charge in [-0.2, -0.15) is 0 Å². The second kappa shape index (κ2) is 8.31. The van der Waals surface area contributed by atoms with Crippen LogP contribution in [0.5, 0.6) is 0 Å². The SMILES string of the molecule is COCC(NC(=O)c1ncccc1C#CCO)C(C)C. The fourth-order valence-corrected chi connectivity index (χ4v) is 1.64. The van der Waals surface area contributed by atoms with Gasteiger partial charge in [-0.1, -0.05) is 25.7 Å². The van der Waals surface area contributed by atoms with Gasteiger partial charge in [0.2, 0.25) is 0 Å². The number of hydrogen-bond donors (Lipinski definition) is 2. The molecule has 1 amide bonds. The number of nitrogens with one attached hydrogen (secondary N) is 1. The van der Waals surface area contributed by atoms with Crippen LogP contribution < -0.4 is 5.32 Å². The topological polar surface area (TPSA) is 71.5 Å². The van der Waals surface area contributed by atoms with Crippen molar-refractivity contribution in [1.82, 2.24) is 10.3 Å². The van der Waals surface area contributed by atoms with Crippen molar-refractivity contribution >= 4 is 5.91 Å². The Morgan fingerprint density at radius 3 is 2.90 bits per heavy atom. The predicted molar refractivity (Wildman–Crippen MR) is 76.2 cm³/mol. The Labute approximate surface area is 119 Å². The van der Waals surface area contributed by atoms with Crippen LogP contribution in [0, 0.1) is 17.8 Å². The molecule has 0 fully saturated rings. The maximum Gasteiger partial charge on any atom is 0.271 e. The van der Waals surface area contributed by atoms with Gasteiger partial charge in [0, 0.05) is 13.3 Å². The fourth-order valence-electron chi connectivity index (χ4n) is 1.64.